The Morgan fingerprint density at radius 2 is 2.11 bits per heavy atom. The van der Waals surface area contributed by atoms with Crippen LogP contribution in [0.1, 0.15) is 23.3 Å². The Hall–Kier alpha value is -1.69. The van der Waals surface area contributed by atoms with Crippen LogP contribution in [-0.2, 0) is 0 Å². The monoisotopic (exact) mass is 263 g/mol. The van der Waals surface area contributed by atoms with Gasteiger partial charge in [0.15, 0.2) is 0 Å². The van der Waals surface area contributed by atoms with Crippen molar-refractivity contribution in [3.8, 4) is 0 Å². The molecular formula is C13H21N5O. The molecule has 0 bridgehead atoms. The minimum absolute atomic E-state index is 0.0563. The number of hydrogen-bond donors (Lipinski definition) is 1. The molecule has 0 aliphatic carbocycles. The van der Waals surface area contributed by atoms with E-state index in [1.54, 1.807) is 18.1 Å². The molecule has 0 spiro atoms. The average molecular weight is 263 g/mol. The van der Waals surface area contributed by atoms with Crippen LogP contribution in [0.5, 0.6) is 0 Å². The second-order valence-corrected chi connectivity index (χ2v) is 4.99. The van der Waals surface area contributed by atoms with Crippen LogP contribution in [0.4, 0.5) is 5.82 Å². The summed E-state index contributed by atoms with van der Waals surface area (Å²) in [5.74, 6) is 0.557. The van der Waals surface area contributed by atoms with Gasteiger partial charge in [-0.05, 0) is 33.0 Å². The summed E-state index contributed by atoms with van der Waals surface area (Å²) in [7, 11) is 5.73. The summed E-state index contributed by atoms with van der Waals surface area (Å²) >= 11 is 0. The molecular weight excluding hydrogens is 242 g/mol. The predicted octanol–water partition coefficient (Wildman–Crippen LogP) is 0.684. The number of aromatic nitrogens is 2. The van der Waals surface area contributed by atoms with Crippen LogP contribution in [-0.4, -0.2) is 65.9 Å². The molecule has 1 aliphatic rings. The molecule has 2 rings (SSSR count). The van der Waals surface area contributed by atoms with Gasteiger partial charge in [0, 0.05) is 20.1 Å². The zero-order chi connectivity index (χ0) is 13.8. The highest BCUT2D eigenvalue weighted by Gasteiger charge is 2.25. The van der Waals surface area contributed by atoms with Crippen molar-refractivity contribution in [2.24, 2.45) is 0 Å². The van der Waals surface area contributed by atoms with E-state index in [9.17, 15) is 4.79 Å². The van der Waals surface area contributed by atoms with Crippen molar-refractivity contribution in [1.29, 1.82) is 0 Å². The van der Waals surface area contributed by atoms with Crippen LogP contribution in [0.25, 0.3) is 0 Å². The van der Waals surface area contributed by atoms with E-state index >= 15 is 0 Å². The summed E-state index contributed by atoms with van der Waals surface area (Å²) in [4.78, 5) is 24.7. The molecule has 1 aromatic heterocycles. The molecule has 19 heavy (non-hydrogen) atoms. The number of nitrogens with zero attached hydrogens (tertiary/aromatic N) is 4. The third-order valence-corrected chi connectivity index (χ3v) is 3.67. The smallest absolute Gasteiger partial charge is 0.274 e. The van der Waals surface area contributed by atoms with Gasteiger partial charge in [0.2, 0.25) is 0 Å². The first-order valence-corrected chi connectivity index (χ1v) is 6.57. The fourth-order valence-corrected chi connectivity index (χ4v) is 2.32. The quantitative estimate of drug-likeness (QED) is 0.869. The molecule has 0 aromatic carbocycles. The number of likely N-dealkylation sites (tertiary alicyclic amines) is 1. The highest BCUT2D eigenvalue weighted by Crippen LogP contribution is 2.16. The summed E-state index contributed by atoms with van der Waals surface area (Å²) < 4.78 is 0. The van der Waals surface area contributed by atoms with Gasteiger partial charge in [0.05, 0.1) is 12.4 Å². The molecule has 0 unspecified atom stereocenters. The summed E-state index contributed by atoms with van der Waals surface area (Å²) in [5.41, 5.74) is 0.397. The SMILES string of the molecule is CNc1cncc(C(=O)N(C)C2CCN(C)CC2)n1. The van der Waals surface area contributed by atoms with E-state index in [0.29, 0.717) is 17.6 Å². The molecule has 6 heteroatoms. The molecule has 1 aliphatic heterocycles. The lowest BCUT2D eigenvalue weighted by molar-refractivity contribution is 0.0653. The number of rotatable bonds is 3. The van der Waals surface area contributed by atoms with Crippen molar-refractivity contribution in [3.05, 3.63) is 18.1 Å². The van der Waals surface area contributed by atoms with Crippen LogP contribution in [0.15, 0.2) is 12.4 Å². The van der Waals surface area contributed by atoms with E-state index in [1.165, 1.54) is 6.20 Å². The molecule has 1 N–H and O–H groups in total. The van der Waals surface area contributed by atoms with Crippen LogP contribution in [0, 0.1) is 0 Å². The molecule has 6 nitrogen and oxygen atoms in total. The second-order valence-electron chi connectivity index (χ2n) is 4.99. The largest absolute Gasteiger partial charge is 0.372 e. The van der Waals surface area contributed by atoms with Crippen LogP contribution >= 0.6 is 0 Å². The first-order chi connectivity index (χ1) is 9.11. The lowest BCUT2D eigenvalue weighted by atomic mass is 10.0. The van der Waals surface area contributed by atoms with Gasteiger partial charge in [0.25, 0.3) is 5.91 Å². The minimum atomic E-state index is -0.0563. The third-order valence-electron chi connectivity index (χ3n) is 3.67. The Morgan fingerprint density at radius 3 is 2.74 bits per heavy atom. The number of hydrogen-bond acceptors (Lipinski definition) is 5. The van der Waals surface area contributed by atoms with E-state index in [1.807, 2.05) is 7.05 Å². The summed E-state index contributed by atoms with van der Waals surface area (Å²) in [6, 6.07) is 0.295. The number of nitrogens with one attached hydrogen (secondary N) is 1. The van der Waals surface area contributed by atoms with E-state index in [2.05, 4.69) is 27.2 Å². The van der Waals surface area contributed by atoms with Crippen molar-refractivity contribution in [2.75, 3.05) is 39.5 Å². The molecule has 1 amide bonds. The maximum absolute atomic E-state index is 12.4. The Labute approximate surface area is 113 Å². The molecule has 0 radical (unpaired) electrons. The van der Waals surface area contributed by atoms with Gasteiger partial charge in [-0.2, -0.15) is 0 Å². The van der Waals surface area contributed by atoms with Crippen LogP contribution in [0.2, 0.25) is 0 Å². The molecule has 0 saturated carbocycles. The second kappa shape index (κ2) is 5.97. The van der Waals surface area contributed by atoms with E-state index in [0.717, 1.165) is 25.9 Å². The van der Waals surface area contributed by atoms with E-state index in [4.69, 9.17) is 0 Å². The lowest BCUT2D eigenvalue weighted by Crippen LogP contribution is -2.44. The summed E-state index contributed by atoms with van der Waals surface area (Å²) in [6.07, 6.45) is 5.15. The van der Waals surface area contributed by atoms with Gasteiger partial charge in [-0.15, -0.1) is 0 Å². The zero-order valence-electron chi connectivity index (χ0n) is 11.8. The Kier molecular flexibility index (Phi) is 4.31. The molecule has 104 valence electrons. The first-order valence-electron chi connectivity index (χ1n) is 6.57. The van der Waals surface area contributed by atoms with Crippen LogP contribution < -0.4 is 5.32 Å². The van der Waals surface area contributed by atoms with Gasteiger partial charge in [-0.1, -0.05) is 0 Å². The van der Waals surface area contributed by atoms with Crippen molar-refractivity contribution in [3.63, 3.8) is 0 Å². The fourth-order valence-electron chi connectivity index (χ4n) is 2.32. The van der Waals surface area contributed by atoms with Gasteiger partial charge >= 0.3 is 0 Å². The number of piperidine rings is 1. The number of amides is 1. The fraction of sp³-hybridized carbons (Fsp3) is 0.615. The van der Waals surface area contributed by atoms with Crippen LogP contribution in [0.3, 0.4) is 0 Å². The zero-order valence-corrected chi connectivity index (χ0v) is 11.8. The summed E-state index contributed by atoms with van der Waals surface area (Å²) in [6.45, 7) is 2.06. The lowest BCUT2D eigenvalue weighted by Gasteiger charge is -2.34. The molecule has 1 saturated heterocycles. The van der Waals surface area contributed by atoms with E-state index in [-0.39, 0.29) is 5.91 Å². The Bertz CT molecular complexity index is 442. The Morgan fingerprint density at radius 1 is 1.42 bits per heavy atom. The maximum atomic E-state index is 12.4. The average Bonchev–Trinajstić information content (AvgIpc) is 2.46. The van der Waals surface area contributed by atoms with Gasteiger partial charge in [-0.3, -0.25) is 9.78 Å². The number of anilines is 1. The minimum Gasteiger partial charge on any atom is -0.372 e. The van der Waals surface area contributed by atoms with Crippen molar-refractivity contribution >= 4 is 11.7 Å². The summed E-state index contributed by atoms with van der Waals surface area (Å²) in [5, 5.41) is 2.90. The van der Waals surface area contributed by atoms with Gasteiger partial charge < -0.3 is 15.1 Å². The predicted molar refractivity (Wildman–Crippen MR) is 74.2 cm³/mol. The Balaban J connectivity index is 2.05. The highest BCUT2D eigenvalue weighted by molar-refractivity contribution is 5.92. The third kappa shape index (κ3) is 3.20. The van der Waals surface area contributed by atoms with Gasteiger partial charge in [0.1, 0.15) is 11.5 Å². The molecule has 2 heterocycles. The van der Waals surface area contributed by atoms with E-state index < -0.39 is 0 Å². The first kappa shape index (κ1) is 13.7. The molecule has 0 atom stereocenters. The number of carbonyl (C=O) groups excluding carboxylic acids is 1. The van der Waals surface area contributed by atoms with Crippen molar-refractivity contribution in [2.45, 2.75) is 18.9 Å². The van der Waals surface area contributed by atoms with Gasteiger partial charge in [-0.25, -0.2) is 4.98 Å². The molecule has 1 fully saturated rings. The standard InChI is InChI=1S/C13H21N5O/c1-14-12-9-15-8-11(16-12)13(19)18(3)10-4-6-17(2)7-5-10/h8-10H,4-7H2,1-3H3,(H,14,16). The highest BCUT2D eigenvalue weighted by atomic mass is 16.2. The topological polar surface area (TPSA) is 61.4 Å². The molecule has 1 aromatic rings. The number of carbonyl (C=O) groups is 1. The van der Waals surface area contributed by atoms with Crippen molar-refractivity contribution < 1.29 is 4.79 Å². The normalized spacial score (nSPS) is 17.2. The van der Waals surface area contributed by atoms with Crippen molar-refractivity contribution in [1.82, 2.24) is 19.8 Å². The maximum Gasteiger partial charge on any atom is 0.274 e.